The molecule has 1 aliphatic rings. The second-order valence-electron chi connectivity index (χ2n) is 6.36. The molecule has 134 valence electrons. The zero-order valence-corrected chi connectivity index (χ0v) is 14.4. The summed E-state index contributed by atoms with van der Waals surface area (Å²) in [5.74, 6) is -2.37. The van der Waals surface area contributed by atoms with Crippen LogP contribution < -0.4 is 5.32 Å². The molecule has 26 heavy (non-hydrogen) atoms. The van der Waals surface area contributed by atoms with Crippen molar-refractivity contribution in [2.75, 3.05) is 5.32 Å². The summed E-state index contributed by atoms with van der Waals surface area (Å²) in [7, 11) is 0. The summed E-state index contributed by atoms with van der Waals surface area (Å²) in [5, 5.41) is 12.2. The minimum absolute atomic E-state index is 0.00742. The van der Waals surface area contributed by atoms with E-state index in [1.54, 1.807) is 24.3 Å². The molecule has 0 spiro atoms. The molecule has 2 N–H and O–H groups in total. The summed E-state index contributed by atoms with van der Waals surface area (Å²) in [5.41, 5.74) is 2.15. The van der Waals surface area contributed by atoms with Crippen LogP contribution in [0.3, 0.4) is 0 Å². The van der Waals surface area contributed by atoms with Crippen molar-refractivity contribution in [3.8, 4) is 0 Å². The van der Waals surface area contributed by atoms with Gasteiger partial charge in [0.2, 0.25) is 11.8 Å². The maximum absolute atomic E-state index is 13.2. The number of carbonyl (C=O) groups is 3. The molecule has 6 heteroatoms. The highest BCUT2D eigenvalue weighted by Gasteiger charge is 2.36. The van der Waals surface area contributed by atoms with Gasteiger partial charge in [0.25, 0.3) is 0 Å². The third kappa shape index (κ3) is 3.59. The molecule has 2 aromatic rings. The molecular formula is C20H20N2O4. The number of para-hydroxylation sites is 1. The Morgan fingerprint density at radius 2 is 1.81 bits per heavy atom. The molecule has 0 fully saturated rings. The molecule has 0 saturated carbocycles. The number of carboxylic acid groups (broad SMARTS) is 1. The summed E-state index contributed by atoms with van der Waals surface area (Å²) in [6, 6.07) is 15.4. The number of benzene rings is 2. The smallest absolute Gasteiger partial charge is 0.326 e. The van der Waals surface area contributed by atoms with E-state index in [0.717, 1.165) is 5.56 Å². The van der Waals surface area contributed by atoms with Crippen molar-refractivity contribution in [3.63, 3.8) is 0 Å². The Balaban J connectivity index is 1.95. The molecule has 2 atom stereocenters. The number of anilines is 1. The lowest BCUT2D eigenvalue weighted by Gasteiger charge is -2.33. The van der Waals surface area contributed by atoms with E-state index in [1.165, 1.54) is 11.8 Å². The number of fused-ring (bicyclic) bond motifs is 1. The lowest BCUT2D eigenvalue weighted by atomic mass is 9.89. The largest absolute Gasteiger partial charge is 0.480 e. The molecule has 1 aliphatic heterocycles. The number of rotatable bonds is 5. The summed E-state index contributed by atoms with van der Waals surface area (Å²) >= 11 is 0. The molecular weight excluding hydrogens is 332 g/mol. The fraction of sp³-hybridized carbons (Fsp3) is 0.250. The minimum atomic E-state index is -1.08. The van der Waals surface area contributed by atoms with Crippen molar-refractivity contribution in [1.29, 1.82) is 0 Å². The van der Waals surface area contributed by atoms with Crippen LogP contribution in [0.1, 0.15) is 30.4 Å². The molecule has 2 aromatic carbocycles. The first-order valence-corrected chi connectivity index (χ1v) is 8.43. The van der Waals surface area contributed by atoms with Crippen LogP contribution >= 0.6 is 0 Å². The summed E-state index contributed by atoms with van der Waals surface area (Å²) in [4.78, 5) is 38.2. The SMILES string of the molecule is CC(C(=O)O)N(Cc1ccccc1)C(=O)C1CC(=O)Nc2ccccc21. The Morgan fingerprint density at radius 1 is 1.15 bits per heavy atom. The maximum Gasteiger partial charge on any atom is 0.326 e. The Labute approximate surface area is 151 Å². The predicted octanol–water partition coefficient (Wildman–Crippen LogP) is 2.61. The van der Waals surface area contributed by atoms with E-state index in [0.29, 0.717) is 11.3 Å². The van der Waals surface area contributed by atoms with Gasteiger partial charge in [-0.25, -0.2) is 4.79 Å². The number of nitrogens with one attached hydrogen (secondary N) is 1. The topological polar surface area (TPSA) is 86.7 Å². The van der Waals surface area contributed by atoms with E-state index in [4.69, 9.17) is 0 Å². The first kappa shape index (κ1) is 17.7. The number of amides is 2. The number of nitrogens with zero attached hydrogens (tertiary/aromatic N) is 1. The fourth-order valence-corrected chi connectivity index (χ4v) is 3.15. The molecule has 0 radical (unpaired) electrons. The standard InChI is InChI=1S/C20H20N2O4/c1-13(20(25)26)22(12-14-7-3-2-4-8-14)19(24)16-11-18(23)21-17-10-6-5-9-15(16)17/h2-10,13,16H,11-12H2,1H3,(H,21,23)(H,25,26). The van der Waals surface area contributed by atoms with Crippen LogP contribution in [-0.4, -0.2) is 33.8 Å². The Morgan fingerprint density at radius 3 is 2.50 bits per heavy atom. The van der Waals surface area contributed by atoms with Crippen molar-refractivity contribution in [1.82, 2.24) is 4.90 Å². The average molecular weight is 352 g/mol. The zero-order chi connectivity index (χ0) is 18.7. The van der Waals surface area contributed by atoms with E-state index < -0.39 is 17.9 Å². The summed E-state index contributed by atoms with van der Waals surface area (Å²) in [6.07, 6.45) is 0.00742. The van der Waals surface area contributed by atoms with Crippen molar-refractivity contribution >= 4 is 23.5 Å². The molecule has 0 bridgehead atoms. The fourth-order valence-electron chi connectivity index (χ4n) is 3.15. The van der Waals surface area contributed by atoms with Crippen molar-refractivity contribution < 1.29 is 19.5 Å². The van der Waals surface area contributed by atoms with Gasteiger partial charge in [-0.2, -0.15) is 0 Å². The van der Waals surface area contributed by atoms with Crippen LogP contribution in [-0.2, 0) is 20.9 Å². The van der Waals surface area contributed by atoms with Crippen LogP contribution in [0.2, 0.25) is 0 Å². The first-order chi connectivity index (χ1) is 12.5. The first-order valence-electron chi connectivity index (χ1n) is 8.43. The lowest BCUT2D eigenvalue weighted by Crippen LogP contribution is -2.46. The summed E-state index contributed by atoms with van der Waals surface area (Å²) < 4.78 is 0. The van der Waals surface area contributed by atoms with Gasteiger partial charge in [-0.05, 0) is 24.1 Å². The molecule has 0 aliphatic carbocycles. The maximum atomic E-state index is 13.2. The minimum Gasteiger partial charge on any atom is -0.480 e. The van der Waals surface area contributed by atoms with Crippen LogP contribution in [0.25, 0.3) is 0 Å². The van der Waals surface area contributed by atoms with Gasteiger partial charge in [-0.15, -0.1) is 0 Å². The Hall–Kier alpha value is -3.15. The number of carboxylic acids is 1. The third-order valence-corrected chi connectivity index (χ3v) is 4.60. The number of hydrogen-bond acceptors (Lipinski definition) is 3. The van der Waals surface area contributed by atoms with Gasteiger partial charge < -0.3 is 15.3 Å². The highest BCUT2D eigenvalue weighted by atomic mass is 16.4. The van der Waals surface area contributed by atoms with Crippen molar-refractivity contribution in [3.05, 3.63) is 65.7 Å². The lowest BCUT2D eigenvalue weighted by molar-refractivity contribution is -0.151. The molecule has 0 aromatic heterocycles. The van der Waals surface area contributed by atoms with Crippen LogP contribution in [0.5, 0.6) is 0 Å². The number of carbonyl (C=O) groups excluding carboxylic acids is 2. The molecule has 0 saturated heterocycles. The van der Waals surface area contributed by atoms with Crippen molar-refractivity contribution in [2.24, 2.45) is 0 Å². The Kier molecular flexibility index (Phi) is 5.02. The van der Waals surface area contributed by atoms with E-state index in [9.17, 15) is 19.5 Å². The molecule has 3 rings (SSSR count). The number of hydrogen-bond donors (Lipinski definition) is 2. The molecule has 6 nitrogen and oxygen atoms in total. The van der Waals surface area contributed by atoms with Gasteiger partial charge in [0.1, 0.15) is 6.04 Å². The van der Waals surface area contributed by atoms with E-state index in [1.807, 2.05) is 30.3 Å². The second kappa shape index (κ2) is 7.39. The molecule has 1 heterocycles. The number of aliphatic carboxylic acids is 1. The van der Waals surface area contributed by atoms with E-state index >= 15 is 0 Å². The Bertz CT molecular complexity index is 835. The normalized spacial score (nSPS) is 17.0. The highest BCUT2D eigenvalue weighted by molar-refractivity contribution is 6.01. The predicted molar refractivity (Wildman–Crippen MR) is 96.5 cm³/mol. The van der Waals surface area contributed by atoms with Crippen LogP contribution in [0, 0.1) is 0 Å². The van der Waals surface area contributed by atoms with Gasteiger partial charge in [0, 0.05) is 18.7 Å². The monoisotopic (exact) mass is 352 g/mol. The van der Waals surface area contributed by atoms with Crippen LogP contribution in [0.15, 0.2) is 54.6 Å². The average Bonchev–Trinajstić information content (AvgIpc) is 2.65. The highest BCUT2D eigenvalue weighted by Crippen LogP contribution is 2.34. The van der Waals surface area contributed by atoms with Gasteiger partial charge in [0.15, 0.2) is 0 Å². The zero-order valence-electron chi connectivity index (χ0n) is 14.4. The van der Waals surface area contributed by atoms with Crippen LogP contribution in [0.4, 0.5) is 5.69 Å². The van der Waals surface area contributed by atoms with Gasteiger partial charge in [-0.3, -0.25) is 9.59 Å². The molecule has 2 amide bonds. The quantitative estimate of drug-likeness (QED) is 0.866. The second-order valence-corrected chi connectivity index (χ2v) is 6.36. The van der Waals surface area contributed by atoms with E-state index in [-0.39, 0.29) is 24.8 Å². The third-order valence-electron chi connectivity index (χ3n) is 4.60. The van der Waals surface area contributed by atoms with Gasteiger partial charge in [0.05, 0.1) is 5.92 Å². The van der Waals surface area contributed by atoms with Gasteiger partial charge >= 0.3 is 5.97 Å². The summed E-state index contributed by atoms with van der Waals surface area (Å²) in [6.45, 7) is 1.66. The molecule has 2 unspecified atom stereocenters. The van der Waals surface area contributed by atoms with Crippen molar-refractivity contribution in [2.45, 2.75) is 31.8 Å². The van der Waals surface area contributed by atoms with E-state index in [2.05, 4.69) is 5.32 Å². The van der Waals surface area contributed by atoms with Gasteiger partial charge in [-0.1, -0.05) is 48.5 Å².